The number of benzene rings is 2. The van der Waals surface area contributed by atoms with E-state index in [2.05, 4.69) is 48.7 Å². The Balaban J connectivity index is 2.11. The van der Waals surface area contributed by atoms with Crippen LogP contribution in [0.2, 0.25) is 0 Å². The van der Waals surface area contributed by atoms with Gasteiger partial charge in [-0.1, -0.05) is 36.4 Å². The van der Waals surface area contributed by atoms with Gasteiger partial charge in [0, 0.05) is 4.90 Å². The van der Waals surface area contributed by atoms with Gasteiger partial charge in [-0.3, -0.25) is 0 Å². The van der Waals surface area contributed by atoms with Gasteiger partial charge in [0.1, 0.15) is 0 Å². The normalized spacial score (nSPS) is 10.2. The molecule has 0 bridgehead atoms. The van der Waals surface area contributed by atoms with Gasteiger partial charge in [-0.05, 0) is 42.0 Å². The lowest BCUT2D eigenvalue weighted by atomic mass is 10.1. The lowest BCUT2D eigenvalue weighted by Gasteiger charge is -2.02. The molecule has 15 heavy (non-hydrogen) atoms. The minimum absolute atomic E-state index is 1.00. The maximum absolute atomic E-state index is 3.03. The molecule has 0 N–H and O–H groups in total. The van der Waals surface area contributed by atoms with Gasteiger partial charge < -0.3 is 0 Å². The summed E-state index contributed by atoms with van der Waals surface area (Å²) in [6, 6.07) is 19.9. The fourth-order valence-corrected chi connectivity index (χ4v) is 1.93. The standard InChI is InChI=1S/C14H13S/c1-15-14-9-7-13(8-10-14)11-12-5-3-2-4-6-12/h3-10H,11H2,1H3. The van der Waals surface area contributed by atoms with E-state index in [-0.39, 0.29) is 0 Å². The van der Waals surface area contributed by atoms with Gasteiger partial charge in [-0.15, -0.1) is 11.8 Å². The molecule has 2 rings (SSSR count). The van der Waals surface area contributed by atoms with E-state index in [1.54, 1.807) is 11.8 Å². The Morgan fingerprint density at radius 1 is 0.933 bits per heavy atom. The molecule has 0 aliphatic carbocycles. The topological polar surface area (TPSA) is 0 Å². The highest BCUT2D eigenvalue weighted by Crippen LogP contribution is 2.16. The number of rotatable bonds is 3. The first-order valence-electron chi connectivity index (χ1n) is 4.96. The van der Waals surface area contributed by atoms with Crippen LogP contribution in [0.4, 0.5) is 0 Å². The van der Waals surface area contributed by atoms with Crippen molar-refractivity contribution >= 4 is 11.8 Å². The lowest BCUT2D eigenvalue weighted by Crippen LogP contribution is -1.86. The van der Waals surface area contributed by atoms with Crippen LogP contribution in [-0.4, -0.2) is 6.26 Å². The second-order valence-corrected chi connectivity index (χ2v) is 4.31. The molecular weight excluding hydrogens is 200 g/mol. The first kappa shape index (κ1) is 10.3. The van der Waals surface area contributed by atoms with E-state index < -0.39 is 0 Å². The van der Waals surface area contributed by atoms with E-state index in [0.717, 1.165) is 6.42 Å². The third-order valence-corrected chi connectivity index (χ3v) is 3.10. The van der Waals surface area contributed by atoms with Crippen molar-refractivity contribution in [3.05, 3.63) is 65.7 Å². The average molecular weight is 213 g/mol. The van der Waals surface area contributed by atoms with Gasteiger partial charge in [-0.25, -0.2) is 0 Å². The van der Waals surface area contributed by atoms with Crippen LogP contribution < -0.4 is 0 Å². The Morgan fingerprint density at radius 3 is 2.13 bits per heavy atom. The Labute approximate surface area is 95.3 Å². The fraction of sp³-hybridized carbons (Fsp3) is 0.143. The van der Waals surface area contributed by atoms with Crippen LogP contribution in [0.1, 0.15) is 11.1 Å². The second kappa shape index (κ2) is 5.04. The summed E-state index contributed by atoms with van der Waals surface area (Å²) in [5.41, 5.74) is 2.70. The first-order valence-corrected chi connectivity index (χ1v) is 6.19. The van der Waals surface area contributed by atoms with Crippen LogP contribution in [0.5, 0.6) is 0 Å². The third-order valence-electron chi connectivity index (χ3n) is 2.35. The van der Waals surface area contributed by atoms with Gasteiger partial charge in [0.2, 0.25) is 0 Å². The summed E-state index contributed by atoms with van der Waals surface area (Å²) < 4.78 is 0. The molecule has 2 aromatic carbocycles. The molecule has 0 nitrogen and oxygen atoms in total. The molecule has 1 radical (unpaired) electrons. The SMILES string of the molecule is CSc1ccc(Cc2cc[c]cc2)cc1. The minimum Gasteiger partial charge on any atom is -0.130 e. The second-order valence-electron chi connectivity index (χ2n) is 3.43. The molecule has 2 aromatic rings. The van der Waals surface area contributed by atoms with Crippen molar-refractivity contribution in [3.8, 4) is 0 Å². The van der Waals surface area contributed by atoms with Crippen molar-refractivity contribution in [2.45, 2.75) is 11.3 Å². The van der Waals surface area contributed by atoms with Crippen molar-refractivity contribution in [1.29, 1.82) is 0 Å². The molecule has 0 aliphatic heterocycles. The summed E-state index contributed by atoms with van der Waals surface area (Å²) in [4.78, 5) is 1.32. The molecule has 0 atom stereocenters. The van der Waals surface area contributed by atoms with Crippen LogP contribution in [-0.2, 0) is 6.42 Å². The van der Waals surface area contributed by atoms with Gasteiger partial charge >= 0.3 is 0 Å². The van der Waals surface area contributed by atoms with Crippen LogP contribution in [0.25, 0.3) is 0 Å². The molecular formula is C14H13S. The summed E-state index contributed by atoms with van der Waals surface area (Å²) in [6.07, 6.45) is 3.10. The van der Waals surface area contributed by atoms with Crippen molar-refractivity contribution < 1.29 is 0 Å². The highest BCUT2D eigenvalue weighted by molar-refractivity contribution is 7.98. The molecule has 0 amide bonds. The van der Waals surface area contributed by atoms with Crippen LogP contribution in [0.3, 0.4) is 0 Å². The zero-order chi connectivity index (χ0) is 10.5. The fourth-order valence-electron chi connectivity index (χ4n) is 1.52. The highest BCUT2D eigenvalue weighted by atomic mass is 32.2. The van der Waals surface area contributed by atoms with E-state index in [9.17, 15) is 0 Å². The van der Waals surface area contributed by atoms with Gasteiger partial charge in [0.05, 0.1) is 0 Å². The van der Waals surface area contributed by atoms with E-state index in [1.165, 1.54) is 16.0 Å². The van der Waals surface area contributed by atoms with E-state index in [0.29, 0.717) is 0 Å². The first-order chi connectivity index (χ1) is 7.38. The molecule has 0 fully saturated rings. The molecule has 0 aliphatic rings. The highest BCUT2D eigenvalue weighted by Gasteiger charge is 1.95. The Kier molecular flexibility index (Phi) is 3.46. The number of thioether (sulfide) groups is 1. The van der Waals surface area contributed by atoms with Gasteiger partial charge in [0.25, 0.3) is 0 Å². The molecule has 75 valence electrons. The minimum atomic E-state index is 1.00. The number of hydrogen-bond acceptors (Lipinski definition) is 1. The molecule has 0 heterocycles. The third kappa shape index (κ3) is 2.87. The zero-order valence-corrected chi connectivity index (χ0v) is 9.55. The summed E-state index contributed by atoms with van der Waals surface area (Å²) in [5, 5.41) is 0. The molecule has 0 aromatic heterocycles. The monoisotopic (exact) mass is 213 g/mol. The van der Waals surface area contributed by atoms with Crippen LogP contribution >= 0.6 is 11.8 Å². The summed E-state index contributed by atoms with van der Waals surface area (Å²) in [5.74, 6) is 0. The number of hydrogen-bond donors (Lipinski definition) is 0. The molecule has 0 spiro atoms. The smallest absolute Gasteiger partial charge is 0.00693 e. The maximum atomic E-state index is 3.03. The average Bonchev–Trinajstić information content (AvgIpc) is 2.31. The molecule has 0 saturated carbocycles. The summed E-state index contributed by atoms with van der Waals surface area (Å²) >= 11 is 1.78. The van der Waals surface area contributed by atoms with Crippen LogP contribution in [0, 0.1) is 6.07 Å². The summed E-state index contributed by atoms with van der Waals surface area (Å²) in [6.45, 7) is 0. The van der Waals surface area contributed by atoms with E-state index in [4.69, 9.17) is 0 Å². The largest absolute Gasteiger partial charge is 0.130 e. The predicted molar refractivity (Wildman–Crippen MR) is 66.3 cm³/mol. The van der Waals surface area contributed by atoms with Gasteiger partial charge in [-0.2, -0.15) is 0 Å². The van der Waals surface area contributed by atoms with E-state index in [1.807, 2.05) is 12.1 Å². The zero-order valence-electron chi connectivity index (χ0n) is 8.73. The molecule has 0 saturated heterocycles. The summed E-state index contributed by atoms with van der Waals surface area (Å²) in [7, 11) is 0. The Morgan fingerprint density at radius 2 is 1.53 bits per heavy atom. The Bertz CT molecular complexity index is 403. The van der Waals surface area contributed by atoms with Gasteiger partial charge in [0.15, 0.2) is 0 Å². The van der Waals surface area contributed by atoms with E-state index >= 15 is 0 Å². The lowest BCUT2D eigenvalue weighted by molar-refractivity contribution is 1.18. The van der Waals surface area contributed by atoms with Crippen LogP contribution in [0.15, 0.2) is 53.4 Å². The Hall–Kier alpha value is -1.21. The van der Waals surface area contributed by atoms with Crippen molar-refractivity contribution in [3.63, 3.8) is 0 Å². The van der Waals surface area contributed by atoms with Crippen molar-refractivity contribution in [2.75, 3.05) is 6.26 Å². The predicted octanol–water partition coefficient (Wildman–Crippen LogP) is 3.80. The maximum Gasteiger partial charge on any atom is 0.00693 e. The quantitative estimate of drug-likeness (QED) is 0.699. The van der Waals surface area contributed by atoms with Crippen molar-refractivity contribution in [1.82, 2.24) is 0 Å². The molecule has 1 heteroatoms. The van der Waals surface area contributed by atoms with Crippen molar-refractivity contribution in [2.24, 2.45) is 0 Å². The molecule has 0 unspecified atom stereocenters.